The Balaban J connectivity index is 1.44. The average molecular weight is 434 g/mol. The molecule has 32 heavy (non-hydrogen) atoms. The normalized spacial score (nSPS) is 10.8. The summed E-state index contributed by atoms with van der Waals surface area (Å²) in [6.45, 7) is 3.82. The van der Waals surface area contributed by atoms with Gasteiger partial charge in [0.2, 0.25) is 0 Å². The average Bonchev–Trinajstić information content (AvgIpc) is 3.13. The molecule has 4 aromatic rings. The highest BCUT2D eigenvalue weighted by atomic mass is 16.5. The summed E-state index contributed by atoms with van der Waals surface area (Å²) in [5, 5.41) is 4.66. The third-order valence-electron chi connectivity index (χ3n) is 4.96. The second-order valence-electron chi connectivity index (χ2n) is 7.08. The van der Waals surface area contributed by atoms with Gasteiger partial charge in [-0.15, -0.1) is 0 Å². The van der Waals surface area contributed by atoms with Crippen LogP contribution in [0.15, 0.2) is 47.0 Å². The quantitative estimate of drug-likeness (QED) is 0.433. The molecule has 9 heteroatoms. The summed E-state index contributed by atoms with van der Waals surface area (Å²) in [5.74, 6) is 1.69. The number of aryl methyl sites for hydroxylation is 2. The molecule has 0 saturated carbocycles. The van der Waals surface area contributed by atoms with Gasteiger partial charge in [-0.05, 0) is 44.2 Å². The monoisotopic (exact) mass is 434 g/mol. The van der Waals surface area contributed by atoms with E-state index in [-0.39, 0.29) is 13.2 Å². The van der Waals surface area contributed by atoms with Gasteiger partial charge in [0.05, 0.1) is 29.4 Å². The van der Waals surface area contributed by atoms with Crippen LogP contribution in [0.2, 0.25) is 0 Å². The molecule has 4 rings (SSSR count). The summed E-state index contributed by atoms with van der Waals surface area (Å²) in [4.78, 5) is 21.2. The Bertz CT molecular complexity index is 1270. The highest BCUT2D eigenvalue weighted by Crippen LogP contribution is 2.30. The zero-order valence-electron chi connectivity index (χ0n) is 17.9. The van der Waals surface area contributed by atoms with Crippen molar-refractivity contribution in [3.63, 3.8) is 0 Å². The van der Waals surface area contributed by atoms with E-state index in [1.807, 2.05) is 38.1 Å². The second-order valence-corrected chi connectivity index (χ2v) is 7.08. The maximum absolute atomic E-state index is 12.6. The van der Waals surface area contributed by atoms with Gasteiger partial charge in [-0.2, -0.15) is 0 Å². The van der Waals surface area contributed by atoms with Gasteiger partial charge in [0.15, 0.2) is 23.9 Å². The van der Waals surface area contributed by atoms with Crippen molar-refractivity contribution in [2.45, 2.75) is 27.1 Å². The first-order chi connectivity index (χ1) is 15.5. The van der Waals surface area contributed by atoms with Crippen molar-refractivity contribution >= 4 is 22.7 Å². The van der Waals surface area contributed by atoms with Crippen molar-refractivity contribution in [1.82, 2.24) is 15.1 Å². The van der Waals surface area contributed by atoms with Crippen molar-refractivity contribution in [2.75, 3.05) is 12.8 Å². The van der Waals surface area contributed by atoms with Gasteiger partial charge in [0.1, 0.15) is 18.2 Å². The van der Waals surface area contributed by atoms with E-state index in [9.17, 15) is 4.79 Å². The molecule has 9 nitrogen and oxygen atoms in total. The number of benzene rings is 2. The highest BCUT2D eigenvalue weighted by Gasteiger charge is 2.16. The number of carbonyl (C=O) groups is 1. The Labute approximate surface area is 184 Å². The zero-order chi connectivity index (χ0) is 22.7. The molecule has 0 amide bonds. The first-order valence-electron chi connectivity index (χ1n) is 9.87. The molecule has 0 bridgehead atoms. The number of hydrogen-bond acceptors (Lipinski definition) is 9. The molecular weight excluding hydrogens is 412 g/mol. The van der Waals surface area contributed by atoms with E-state index in [2.05, 4.69) is 15.1 Å². The molecule has 0 saturated heterocycles. The Morgan fingerprint density at radius 2 is 1.88 bits per heavy atom. The van der Waals surface area contributed by atoms with Crippen LogP contribution < -0.4 is 15.2 Å². The van der Waals surface area contributed by atoms with Crippen LogP contribution in [0.25, 0.3) is 10.9 Å². The van der Waals surface area contributed by atoms with Gasteiger partial charge in [0, 0.05) is 5.39 Å². The Morgan fingerprint density at radius 1 is 1.06 bits per heavy atom. The lowest BCUT2D eigenvalue weighted by Crippen LogP contribution is -2.09. The maximum Gasteiger partial charge on any atom is 0.338 e. The fourth-order valence-electron chi connectivity index (χ4n) is 3.20. The standard InChI is InChI=1S/C23H22N4O5/c1-13-17(14(2)32-27-13)11-30-19-9-8-15(10-20(19)29-3)23(28)31-12-21-25-18-7-5-4-6-16(18)22(24)26-21/h4-10H,11-12H2,1-3H3,(H2,24,25,26). The summed E-state index contributed by atoms with van der Waals surface area (Å²) in [6.07, 6.45) is 0. The number of methoxy groups -OCH3 is 1. The Hall–Kier alpha value is -4.14. The van der Waals surface area contributed by atoms with Gasteiger partial charge in [-0.3, -0.25) is 0 Å². The van der Waals surface area contributed by atoms with Crippen molar-refractivity contribution in [2.24, 2.45) is 0 Å². The number of aromatic nitrogens is 3. The predicted molar refractivity (Wildman–Crippen MR) is 116 cm³/mol. The number of esters is 1. The van der Waals surface area contributed by atoms with Gasteiger partial charge in [-0.25, -0.2) is 14.8 Å². The molecule has 164 valence electrons. The summed E-state index contributed by atoms with van der Waals surface area (Å²) in [6, 6.07) is 12.2. The number of carbonyl (C=O) groups excluding carboxylic acids is 1. The van der Waals surface area contributed by atoms with E-state index in [1.165, 1.54) is 7.11 Å². The topological polar surface area (TPSA) is 123 Å². The van der Waals surface area contributed by atoms with E-state index >= 15 is 0 Å². The minimum atomic E-state index is -0.545. The van der Waals surface area contributed by atoms with Crippen LogP contribution in [-0.2, 0) is 18.0 Å². The van der Waals surface area contributed by atoms with E-state index in [4.69, 9.17) is 24.5 Å². The molecule has 2 aromatic heterocycles. The minimum absolute atomic E-state index is 0.111. The van der Waals surface area contributed by atoms with E-state index < -0.39 is 5.97 Å². The summed E-state index contributed by atoms with van der Waals surface area (Å²) in [7, 11) is 1.50. The number of para-hydroxylation sites is 1. The van der Waals surface area contributed by atoms with Crippen molar-refractivity contribution in [1.29, 1.82) is 0 Å². The zero-order valence-corrected chi connectivity index (χ0v) is 17.9. The largest absolute Gasteiger partial charge is 0.493 e. The smallest absolute Gasteiger partial charge is 0.338 e. The molecule has 0 radical (unpaired) electrons. The lowest BCUT2D eigenvalue weighted by molar-refractivity contribution is 0.0462. The van der Waals surface area contributed by atoms with E-state index in [1.54, 1.807) is 18.2 Å². The molecule has 2 aromatic carbocycles. The van der Waals surface area contributed by atoms with Crippen molar-refractivity contribution < 1.29 is 23.5 Å². The number of nitrogens with two attached hydrogens (primary N) is 1. The number of rotatable bonds is 7. The fourth-order valence-corrected chi connectivity index (χ4v) is 3.20. The molecule has 0 aliphatic carbocycles. The molecule has 0 atom stereocenters. The molecule has 0 spiro atoms. The first kappa shape index (κ1) is 21.1. The van der Waals surface area contributed by atoms with Gasteiger partial charge >= 0.3 is 5.97 Å². The number of fused-ring (bicyclic) bond motifs is 1. The van der Waals surface area contributed by atoms with Crippen LogP contribution in [0, 0.1) is 13.8 Å². The minimum Gasteiger partial charge on any atom is -0.493 e. The third-order valence-corrected chi connectivity index (χ3v) is 4.96. The van der Waals surface area contributed by atoms with Gasteiger partial charge < -0.3 is 24.5 Å². The predicted octanol–water partition coefficient (Wildman–Crippen LogP) is 3.76. The lowest BCUT2D eigenvalue weighted by atomic mass is 10.2. The van der Waals surface area contributed by atoms with E-state index in [0.717, 1.165) is 16.6 Å². The Morgan fingerprint density at radius 3 is 2.62 bits per heavy atom. The van der Waals surface area contributed by atoms with E-state index in [0.29, 0.717) is 40.0 Å². The fraction of sp³-hybridized carbons (Fsp3) is 0.217. The first-order valence-corrected chi connectivity index (χ1v) is 9.87. The number of hydrogen-bond donors (Lipinski definition) is 1. The molecule has 0 fully saturated rings. The van der Waals surface area contributed by atoms with Crippen LogP contribution >= 0.6 is 0 Å². The number of ether oxygens (including phenoxy) is 3. The number of nitrogen functional groups attached to an aromatic ring is 1. The number of nitrogens with zero attached hydrogens (tertiary/aromatic N) is 3. The molecule has 2 N–H and O–H groups in total. The van der Waals surface area contributed by atoms with Crippen LogP contribution in [0.3, 0.4) is 0 Å². The molecule has 0 aliphatic rings. The van der Waals surface area contributed by atoms with Crippen LogP contribution in [-0.4, -0.2) is 28.2 Å². The summed E-state index contributed by atoms with van der Waals surface area (Å²) in [5.41, 5.74) is 8.60. The molecule has 0 aliphatic heterocycles. The summed E-state index contributed by atoms with van der Waals surface area (Å²) < 4.78 is 21.7. The van der Waals surface area contributed by atoms with Crippen LogP contribution in [0.4, 0.5) is 5.82 Å². The van der Waals surface area contributed by atoms with Gasteiger partial charge in [-0.1, -0.05) is 17.3 Å². The van der Waals surface area contributed by atoms with Gasteiger partial charge in [0.25, 0.3) is 0 Å². The van der Waals surface area contributed by atoms with Crippen molar-refractivity contribution in [3.05, 3.63) is 70.9 Å². The molecular formula is C23H22N4O5. The Kier molecular flexibility index (Phi) is 5.89. The lowest BCUT2D eigenvalue weighted by Gasteiger charge is -2.12. The SMILES string of the molecule is COc1cc(C(=O)OCc2nc(N)c3ccccc3n2)ccc1OCc1c(C)noc1C. The number of anilines is 1. The molecule has 2 heterocycles. The second kappa shape index (κ2) is 8.93. The van der Waals surface area contributed by atoms with Crippen LogP contribution in [0.1, 0.15) is 33.2 Å². The maximum atomic E-state index is 12.6. The highest BCUT2D eigenvalue weighted by molar-refractivity contribution is 5.90. The molecule has 0 unspecified atom stereocenters. The summed E-state index contributed by atoms with van der Waals surface area (Å²) >= 11 is 0. The van der Waals surface area contributed by atoms with Crippen LogP contribution in [0.5, 0.6) is 11.5 Å². The third kappa shape index (κ3) is 4.31. The van der Waals surface area contributed by atoms with Crippen molar-refractivity contribution in [3.8, 4) is 11.5 Å².